The molecule has 19 heavy (non-hydrogen) atoms. The van der Waals surface area contributed by atoms with Gasteiger partial charge in [-0.3, -0.25) is 4.79 Å². The Bertz CT molecular complexity index is 349. The first kappa shape index (κ1) is 17.2. The monoisotopic (exact) mass is 346 g/mol. The van der Waals surface area contributed by atoms with E-state index in [1.807, 2.05) is 6.92 Å². The molecule has 0 aromatic rings. The van der Waals surface area contributed by atoms with Crippen LogP contribution in [-0.4, -0.2) is 25.4 Å². The minimum atomic E-state index is -1.73. The van der Waals surface area contributed by atoms with Crippen LogP contribution in [0.4, 0.5) is 4.79 Å². The summed E-state index contributed by atoms with van der Waals surface area (Å²) in [6.07, 6.45) is 3.80. The second kappa shape index (κ2) is 7.25. The number of nitrogens with zero attached hydrogens (tertiary/aromatic N) is 1. The lowest BCUT2D eigenvalue weighted by Gasteiger charge is -2.20. The Hall–Kier alpha value is 0.160. The summed E-state index contributed by atoms with van der Waals surface area (Å²) in [4.78, 5) is 24.0. The number of amides is 3. The van der Waals surface area contributed by atoms with Crippen molar-refractivity contribution in [1.82, 2.24) is 9.62 Å². The maximum Gasteiger partial charge on any atom is 0.335 e. The molecule has 0 unspecified atom stereocenters. The van der Waals surface area contributed by atoms with Gasteiger partial charge < -0.3 is 5.32 Å². The molecule has 8 heteroatoms. The van der Waals surface area contributed by atoms with Gasteiger partial charge in [-0.15, -0.1) is 0 Å². The maximum absolute atomic E-state index is 12.2. The summed E-state index contributed by atoms with van der Waals surface area (Å²) in [6, 6.07) is -1.02. The van der Waals surface area contributed by atoms with Crippen LogP contribution in [0.5, 0.6) is 0 Å². The molecule has 1 saturated heterocycles. The third-order valence-corrected chi connectivity index (χ3v) is 4.41. The topological polar surface area (TPSA) is 49.4 Å². The van der Waals surface area contributed by atoms with Crippen molar-refractivity contribution in [2.45, 2.75) is 48.7 Å². The first-order valence-corrected chi connectivity index (χ1v) is 8.11. The zero-order valence-electron chi connectivity index (χ0n) is 10.8. The van der Waals surface area contributed by atoms with Gasteiger partial charge in [0, 0.05) is 11.9 Å². The first-order valence-electron chi connectivity index (χ1n) is 6.20. The van der Waals surface area contributed by atoms with Gasteiger partial charge in [-0.2, -0.15) is 4.31 Å². The minimum Gasteiger partial charge on any atom is -0.325 e. The normalized spacial score (nSPS) is 21.7. The highest BCUT2D eigenvalue weighted by Crippen LogP contribution is 2.42. The van der Waals surface area contributed by atoms with Crippen LogP contribution >= 0.6 is 46.8 Å². The van der Waals surface area contributed by atoms with Crippen molar-refractivity contribution in [1.29, 1.82) is 0 Å². The zero-order valence-corrected chi connectivity index (χ0v) is 13.9. The van der Waals surface area contributed by atoms with Gasteiger partial charge in [0.25, 0.3) is 9.03 Å². The molecule has 1 aliphatic rings. The molecule has 0 radical (unpaired) electrons. The Morgan fingerprint density at radius 1 is 1.37 bits per heavy atom. The second-order valence-corrected chi connectivity index (χ2v) is 8.52. The lowest BCUT2D eigenvalue weighted by Crippen LogP contribution is -2.36. The van der Waals surface area contributed by atoms with Crippen molar-refractivity contribution < 1.29 is 9.59 Å². The van der Waals surface area contributed by atoms with E-state index in [0.29, 0.717) is 11.9 Å². The van der Waals surface area contributed by atoms with E-state index in [0.717, 1.165) is 30.0 Å². The van der Waals surface area contributed by atoms with E-state index in [4.69, 9.17) is 34.8 Å². The van der Waals surface area contributed by atoms with Crippen LogP contribution < -0.4 is 5.32 Å². The van der Waals surface area contributed by atoms with Crippen molar-refractivity contribution in [2.24, 2.45) is 5.92 Å². The number of imide groups is 1. The second-order valence-electron chi connectivity index (χ2n) is 4.41. The van der Waals surface area contributed by atoms with Crippen molar-refractivity contribution in [3.8, 4) is 0 Å². The summed E-state index contributed by atoms with van der Waals surface area (Å²) in [6.45, 7) is 4.09. The Balaban J connectivity index is 2.73. The Morgan fingerprint density at radius 2 is 2.00 bits per heavy atom. The van der Waals surface area contributed by atoms with E-state index >= 15 is 0 Å². The van der Waals surface area contributed by atoms with E-state index in [-0.39, 0.29) is 11.8 Å². The van der Waals surface area contributed by atoms with Gasteiger partial charge in [-0.05, 0) is 12.3 Å². The average Bonchev–Trinajstić information content (AvgIpc) is 2.57. The number of alkyl halides is 3. The smallest absolute Gasteiger partial charge is 0.325 e. The number of hydrogen-bond donors (Lipinski definition) is 1. The predicted octanol–water partition coefficient (Wildman–Crippen LogP) is 4.10. The van der Waals surface area contributed by atoms with Crippen LogP contribution in [0.25, 0.3) is 0 Å². The molecule has 0 saturated carbocycles. The summed E-state index contributed by atoms with van der Waals surface area (Å²) in [7, 11) is 0. The van der Waals surface area contributed by atoms with Gasteiger partial charge in [0.1, 0.15) is 6.04 Å². The fraction of sp³-hybridized carbons (Fsp3) is 0.818. The van der Waals surface area contributed by atoms with Gasteiger partial charge in [0.15, 0.2) is 0 Å². The summed E-state index contributed by atoms with van der Waals surface area (Å²) in [5, 5.41) is 2.68. The Kier molecular flexibility index (Phi) is 6.57. The SMILES string of the molecule is CCCC[C@H](CC)[C@H]1NC(=O)N(SC(Cl)(Cl)Cl)C1=O. The molecule has 110 valence electrons. The van der Waals surface area contributed by atoms with Gasteiger partial charge in [0.2, 0.25) is 0 Å². The van der Waals surface area contributed by atoms with Crippen LogP contribution in [0.3, 0.4) is 0 Å². The van der Waals surface area contributed by atoms with Gasteiger partial charge in [-0.1, -0.05) is 67.9 Å². The van der Waals surface area contributed by atoms with E-state index in [1.54, 1.807) is 0 Å². The summed E-state index contributed by atoms with van der Waals surface area (Å²) in [5.41, 5.74) is 0. The summed E-state index contributed by atoms with van der Waals surface area (Å²) in [5.74, 6) is -0.207. The third kappa shape index (κ3) is 4.88. The molecule has 1 heterocycles. The minimum absolute atomic E-state index is 0.123. The fourth-order valence-corrected chi connectivity index (χ4v) is 3.23. The summed E-state index contributed by atoms with van der Waals surface area (Å²) < 4.78 is -0.820. The van der Waals surface area contributed by atoms with Gasteiger partial charge >= 0.3 is 6.03 Å². The number of nitrogens with one attached hydrogen (secondary N) is 1. The fourth-order valence-electron chi connectivity index (χ4n) is 2.06. The molecule has 0 spiro atoms. The molecule has 0 aromatic heterocycles. The predicted molar refractivity (Wildman–Crippen MR) is 80.4 cm³/mol. The number of halogens is 3. The van der Waals surface area contributed by atoms with Crippen molar-refractivity contribution in [3.63, 3.8) is 0 Å². The van der Waals surface area contributed by atoms with Crippen LogP contribution in [-0.2, 0) is 4.79 Å². The highest BCUT2D eigenvalue weighted by atomic mass is 35.6. The zero-order chi connectivity index (χ0) is 14.6. The highest BCUT2D eigenvalue weighted by molar-refractivity contribution is 8.03. The molecule has 1 rings (SSSR count). The van der Waals surface area contributed by atoms with Crippen molar-refractivity contribution in [2.75, 3.05) is 0 Å². The average molecular weight is 348 g/mol. The number of unbranched alkanes of at least 4 members (excludes halogenated alkanes) is 1. The van der Waals surface area contributed by atoms with Crippen LogP contribution in [0.2, 0.25) is 0 Å². The largest absolute Gasteiger partial charge is 0.335 e. The lowest BCUT2D eigenvalue weighted by molar-refractivity contribution is -0.125. The van der Waals surface area contributed by atoms with Crippen LogP contribution in [0.15, 0.2) is 0 Å². The number of urea groups is 1. The lowest BCUT2D eigenvalue weighted by atomic mass is 9.91. The molecule has 1 aliphatic heterocycles. The number of carbonyl (C=O) groups is 2. The van der Waals surface area contributed by atoms with Crippen LogP contribution in [0, 0.1) is 5.92 Å². The van der Waals surface area contributed by atoms with Crippen LogP contribution in [0.1, 0.15) is 39.5 Å². The van der Waals surface area contributed by atoms with E-state index < -0.39 is 15.2 Å². The number of hydrogen-bond acceptors (Lipinski definition) is 3. The van der Waals surface area contributed by atoms with E-state index in [1.165, 1.54) is 0 Å². The molecule has 1 fully saturated rings. The molecular weight excluding hydrogens is 331 g/mol. The first-order chi connectivity index (χ1) is 8.80. The third-order valence-electron chi connectivity index (χ3n) is 3.05. The molecule has 3 amide bonds. The summed E-state index contributed by atoms with van der Waals surface area (Å²) >= 11 is 17.4. The van der Waals surface area contributed by atoms with Crippen molar-refractivity contribution >= 4 is 58.7 Å². The van der Waals surface area contributed by atoms with Gasteiger partial charge in [0.05, 0.1) is 0 Å². The Labute approximate surface area is 132 Å². The molecule has 0 bridgehead atoms. The molecule has 0 aliphatic carbocycles. The molecule has 0 aromatic carbocycles. The molecule has 2 atom stereocenters. The number of rotatable bonds is 6. The molecular formula is C11H17Cl3N2O2S. The van der Waals surface area contributed by atoms with Gasteiger partial charge in [-0.25, -0.2) is 4.79 Å². The highest BCUT2D eigenvalue weighted by Gasteiger charge is 2.45. The van der Waals surface area contributed by atoms with Crippen molar-refractivity contribution in [3.05, 3.63) is 0 Å². The Morgan fingerprint density at radius 3 is 2.47 bits per heavy atom. The standard InChI is InChI=1S/C11H17Cl3N2O2S/c1-3-5-6-7(4-2)8-9(17)16(10(18)15-8)19-11(12,13)14/h7-8H,3-6H2,1-2H3,(H,15,18)/t7-,8+/m0/s1. The molecule has 1 N–H and O–H groups in total. The quantitative estimate of drug-likeness (QED) is 0.447. The van der Waals surface area contributed by atoms with E-state index in [9.17, 15) is 9.59 Å². The number of carbonyl (C=O) groups excluding carboxylic acids is 2. The molecule has 4 nitrogen and oxygen atoms in total. The maximum atomic E-state index is 12.2. The van der Waals surface area contributed by atoms with E-state index in [2.05, 4.69) is 12.2 Å².